The second-order valence-electron chi connectivity index (χ2n) is 20.3. The summed E-state index contributed by atoms with van der Waals surface area (Å²) < 4.78 is 13.6. The van der Waals surface area contributed by atoms with Gasteiger partial charge in [-0.25, -0.2) is 0 Å². The zero-order valence-corrected chi connectivity index (χ0v) is 41.8. The van der Waals surface area contributed by atoms with E-state index in [0.717, 1.165) is 100 Å². The first-order chi connectivity index (χ1) is 38.2. The Morgan fingerprint density at radius 1 is 0.247 bits per heavy atom. The second kappa shape index (κ2) is 16.9. The van der Waals surface area contributed by atoms with Gasteiger partial charge >= 0.3 is 0 Å². The highest BCUT2D eigenvalue weighted by Gasteiger charge is 2.52. The van der Waals surface area contributed by atoms with Gasteiger partial charge in [-0.3, -0.25) is 0 Å². The summed E-state index contributed by atoms with van der Waals surface area (Å²) in [6.45, 7) is 0. The predicted molar refractivity (Wildman–Crippen MR) is 318 cm³/mol. The first-order valence-corrected chi connectivity index (χ1v) is 26.4. The van der Waals surface area contributed by atoms with Crippen LogP contribution in [0.25, 0.3) is 88.4 Å². The van der Waals surface area contributed by atoms with Crippen LogP contribution in [0.5, 0.6) is 0 Å². The molecule has 0 atom stereocenters. The monoisotopic (exact) mass is 982 g/mol. The van der Waals surface area contributed by atoms with E-state index in [0.29, 0.717) is 0 Å². The zero-order valence-electron chi connectivity index (χ0n) is 41.8. The van der Waals surface area contributed by atoms with Crippen molar-refractivity contribution >= 4 is 78.0 Å². The summed E-state index contributed by atoms with van der Waals surface area (Å²) in [4.78, 5) is 4.96. The van der Waals surface area contributed by atoms with Crippen molar-refractivity contribution in [3.8, 4) is 44.5 Å². The predicted octanol–water partition coefficient (Wildman–Crippen LogP) is 20.1. The molecule has 0 saturated carbocycles. The highest BCUT2D eigenvalue weighted by molar-refractivity contribution is 6.11. The zero-order chi connectivity index (χ0) is 50.6. The van der Waals surface area contributed by atoms with Gasteiger partial charge < -0.3 is 18.6 Å². The molecule has 0 fully saturated rings. The van der Waals surface area contributed by atoms with Crippen molar-refractivity contribution in [1.29, 1.82) is 0 Å². The molecule has 0 unspecified atom stereocenters. The number of nitrogens with zero attached hydrogens (tertiary/aromatic N) is 2. The lowest BCUT2D eigenvalue weighted by Crippen LogP contribution is -2.42. The van der Waals surface area contributed by atoms with E-state index in [-0.39, 0.29) is 0 Å². The maximum atomic E-state index is 6.82. The second-order valence-corrected chi connectivity index (χ2v) is 20.3. The van der Waals surface area contributed by atoms with Gasteiger partial charge in [-0.05, 0) is 128 Å². The molecular weight excluding hydrogens is 937 g/mol. The molecule has 2 aromatic heterocycles. The van der Waals surface area contributed by atoms with Gasteiger partial charge in [0.05, 0.1) is 28.2 Å². The Morgan fingerprint density at radius 2 is 0.597 bits per heavy atom. The largest absolute Gasteiger partial charge is 0.455 e. The minimum Gasteiger partial charge on any atom is -0.455 e. The van der Waals surface area contributed by atoms with E-state index in [2.05, 4.69) is 277 Å². The number of rotatable bonds is 6. The van der Waals surface area contributed by atoms with Crippen LogP contribution >= 0.6 is 0 Å². The number of furan rings is 2. The SMILES string of the molecule is c1ccc(-c2ccc(N3c4ccccc4C4(c5ccccc53)c3cc(-c5cccc6c5oc5ccccc56)ccc3N(c3ccc(-c5ccccc5)cc3)c3ccc(-c5cccc6c5oc5ccccc56)cc34)cc2)cc1. The van der Waals surface area contributed by atoms with Crippen molar-refractivity contribution in [2.24, 2.45) is 0 Å². The summed E-state index contributed by atoms with van der Waals surface area (Å²) in [5.74, 6) is 0. The molecule has 12 aromatic carbocycles. The topological polar surface area (TPSA) is 32.8 Å². The van der Waals surface area contributed by atoms with Gasteiger partial charge in [0, 0.05) is 44.0 Å². The van der Waals surface area contributed by atoms with Crippen LogP contribution in [0.3, 0.4) is 0 Å². The highest BCUT2D eigenvalue weighted by atomic mass is 16.3. The van der Waals surface area contributed by atoms with Gasteiger partial charge in [-0.2, -0.15) is 0 Å². The van der Waals surface area contributed by atoms with Crippen molar-refractivity contribution < 1.29 is 8.83 Å². The number of para-hydroxylation sites is 6. The van der Waals surface area contributed by atoms with Crippen LogP contribution in [0.4, 0.5) is 34.1 Å². The van der Waals surface area contributed by atoms with Crippen molar-refractivity contribution in [3.05, 3.63) is 301 Å². The maximum absolute atomic E-state index is 6.82. The Labute approximate surface area is 445 Å². The normalized spacial score (nSPS) is 13.2. The molecule has 16 rings (SSSR count). The fourth-order valence-electron chi connectivity index (χ4n) is 12.9. The molecule has 0 saturated heterocycles. The minimum absolute atomic E-state index is 0.853. The summed E-state index contributed by atoms with van der Waals surface area (Å²) >= 11 is 0. The summed E-state index contributed by atoms with van der Waals surface area (Å²) in [6, 6.07) is 102. The molecule has 0 aliphatic carbocycles. The standard InChI is InChI=1S/C73H46N2O2/c1-3-17-47(18-4-1)49-33-39-53(40-34-49)74-65-29-11-9-27-61(65)73(62-28-10-12-30-66(62)74)63-45-51(55-23-15-25-59-57-21-7-13-31-69(57)76-71(55)59)37-43-67(63)75(54-41-35-50(36-42-54)48-19-5-2-6-20-48)68-44-38-52(46-64(68)73)56-24-16-26-60-58-22-8-14-32-70(58)77-72(56)60/h1-46H. The molecule has 2 aliphatic heterocycles. The van der Waals surface area contributed by atoms with Crippen LogP contribution < -0.4 is 9.80 Å². The van der Waals surface area contributed by atoms with Crippen molar-refractivity contribution in [2.75, 3.05) is 9.80 Å². The Balaban J connectivity index is 1.01. The number of hydrogen-bond donors (Lipinski definition) is 0. The third-order valence-corrected chi connectivity index (χ3v) is 16.3. The Morgan fingerprint density at radius 3 is 1.05 bits per heavy atom. The van der Waals surface area contributed by atoms with Gasteiger partial charge in [0.25, 0.3) is 0 Å². The molecule has 0 radical (unpaired) electrons. The molecule has 360 valence electrons. The number of benzene rings is 12. The van der Waals surface area contributed by atoms with Gasteiger partial charge in [-0.1, -0.05) is 206 Å². The maximum Gasteiger partial charge on any atom is 0.143 e. The lowest BCUT2D eigenvalue weighted by atomic mass is 9.59. The number of fused-ring (bicyclic) bond motifs is 14. The van der Waals surface area contributed by atoms with Crippen LogP contribution in [-0.2, 0) is 5.41 Å². The third-order valence-electron chi connectivity index (χ3n) is 16.3. The van der Waals surface area contributed by atoms with Crippen LogP contribution in [0.2, 0.25) is 0 Å². The molecule has 4 nitrogen and oxygen atoms in total. The number of anilines is 6. The van der Waals surface area contributed by atoms with Gasteiger partial charge in [0.2, 0.25) is 0 Å². The molecule has 0 amide bonds. The summed E-state index contributed by atoms with van der Waals surface area (Å²) in [5, 5.41) is 4.42. The average Bonchev–Trinajstić information content (AvgIpc) is 4.23. The van der Waals surface area contributed by atoms with Gasteiger partial charge in [-0.15, -0.1) is 0 Å². The molecule has 2 aliphatic rings. The van der Waals surface area contributed by atoms with Gasteiger partial charge in [0.15, 0.2) is 0 Å². The smallest absolute Gasteiger partial charge is 0.143 e. The Kier molecular flexibility index (Phi) is 9.52. The first-order valence-electron chi connectivity index (χ1n) is 26.4. The first kappa shape index (κ1) is 43.3. The van der Waals surface area contributed by atoms with E-state index in [1.807, 2.05) is 12.1 Å². The summed E-state index contributed by atoms with van der Waals surface area (Å²) in [5.41, 5.74) is 22.9. The lowest BCUT2D eigenvalue weighted by molar-refractivity contribution is 0.669. The van der Waals surface area contributed by atoms with Crippen LogP contribution in [-0.4, -0.2) is 0 Å². The van der Waals surface area contributed by atoms with Crippen LogP contribution in [0, 0.1) is 0 Å². The molecule has 77 heavy (non-hydrogen) atoms. The minimum atomic E-state index is -0.853. The lowest BCUT2D eigenvalue weighted by Gasteiger charge is -2.51. The fraction of sp³-hybridized carbons (Fsp3) is 0.0137. The number of hydrogen-bond acceptors (Lipinski definition) is 4. The molecule has 4 heterocycles. The Hall–Kier alpha value is -10.2. The van der Waals surface area contributed by atoms with Gasteiger partial charge in [0.1, 0.15) is 22.3 Å². The van der Waals surface area contributed by atoms with Crippen molar-refractivity contribution in [3.63, 3.8) is 0 Å². The van der Waals surface area contributed by atoms with Crippen molar-refractivity contribution in [2.45, 2.75) is 5.41 Å². The average molecular weight is 983 g/mol. The third kappa shape index (κ3) is 6.46. The molecular formula is C73H46N2O2. The van der Waals surface area contributed by atoms with Crippen LogP contribution in [0.1, 0.15) is 22.3 Å². The van der Waals surface area contributed by atoms with E-state index in [4.69, 9.17) is 8.83 Å². The molecule has 0 bridgehead atoms. The van der Waals surface area contributed by atoms with E-state index in [9.17, 15) is 0 Å². The highest BCUT2D eigenvalue weighted by Crippen LogP contribution is 2.65. The quantitative estimate of drug-likeness (QED) is 0.166. The van der Waals surface area contributed by atoms with E-state index < -0.39 is 5.41 Å². The molecule has 1 spiro atoms. The Bertz CT molecular complexity index is 4410. The molecule has 14 aromatic rings. The fourth-order valence-corrected chi connectivity index (χ4v) is 12.9. The van der Waals surface area contributed by atoms with Crippen LogP contribution in [0.15, 0.2) is 288 Å². The van der Waals surface area contributed by atoms with E-state index in [1.54, 1.807) is 0 Å². The summed E-state index contributed by atoms with van der Waals surface area (Å²) in [7, 11) is 0. The van der Waals surface area contributed by atoms with E-state index in [1.165, 1.54) is 44.5 Å². The van der Waals surface area contributed by atoms with Crippen molar-refractivity contribution in [1.82, 2.24) is 0 Å². The summed E-state index contributed by atoms with van der Waals surface area (Å²) in [6.07, 6.45) is 0. The molecule has 0 N–H and O–H groups in total. The van der Waals surface area contributed by atoms with E-state index >= 15 is 0 Å². The molecule has 4 heteroatoms.